The van der Waals surface area contributed by atoms with E-state index in [1.54, 1.807) is 11.3 Å². The molecule has 0 bridgehead atoms. The Hall–Kier alpha value is -1.44. The van der Waals surface area contributed by atoms with E-state index in [0.29, 0.717) is 19.4 Å². The minimum atomic E-state index is 0.138. The average molecular weight is 323 g/mol. The molecule has 22 heavy (non-hydrogen) atoms. The summed E-state index contributed by atoms with van der Waals surface area (Å²) < 4.78 is 7.64. The normalized spacial score (nSPS) is 16.5. The molecule has 1 aliphatic rings. The molecule has 7 heteroatoms. The van der Waals surface area contributed by atoms with Gasteiger partial charge in [-0.3, -0.25) is 9.20 Å². The number of aromatic nitrogens is 2. The van der Waals surface area contributed by atoms with Crippen LogP contribution in [0.3, 0.4) is 0 Å². The van der Waals surface area contributed by atoms with E-state index in [1.807, 2.05) is 27.1 Å². The molecule has 0 unspecified atom stereocenters. The third kappa shape index (κ3) is 3.66. The van der Waals surface area contributed by atoms with Crippen molar-refractivity contribution in [2.24, 2.45) is 0 Å². The number of likely N-dealkylation sites (tertiary alicyclic amines) is 1. The molecule has 1 fully saturated rings. The number of hydrogen-bond acceptors (Lipinski definition) is 5. The molecule has 2 aromatic heterocycles. The molecule has 0 spiro atoms. The van der Waals surface area contributed by atoms with Crippen molar-refractivity contribution < 1.29 is 14.6 Å². The van der Waals surface area contributed by atoms with Gasteiger partial charge in [0.15, 0.2) is 4.96 Å². The van der Waals surface area contributed by atoms with Crippen LogP contribution in [0.4, 0.5) is 0 Å². The number of imidazole rings is 1. The second-order valence-corrected chi connectivity index (χ2v) is 6.40. The van der Waals surface area contributed by atoms with Crippen molar-refractivity contribution in [2.75, 3.05) is 26.3 Å². The number of fused-ring (bicyclic) bond motifs is 1. The van der Waals surface area contributed by atoms with Gasteiger partial charge in [-0.2, -0.15) is 0 Å². The Morgan fingerprint density at radius 3 is 3.00 bits per heavy atom. The summed E-state index contributed by atoms with van der Waals surface area (Å²) >= 11 is 1.57. The molecule has 1 amide bonds. The number of piperidine rings is 1. The molecule has 6 nitrogen and oxygen atoms in total. The Labute approximate surface area is 133 Å². The van der Waals surface area contributed by atoms with Gasteiger partial charge in [0, 0.05) is 44.1 Å². The van der Waals surface area contributed by atoms with E-state index in [2.05, 4.69) is 4.98 Å². The Kier molecular flexibility index (Phi) is 5.07. The maximum atomic E-state index is 12.3. The molecule has 0 atom stereocenters. The fourth-order valence-electron chi connectivity index (χ4n) is 2.71. The minimum Gasteiger partial charge on any atom is -0.396 e. The van der Waals surface area contributed by atoms with Crippen LogP contribution in [-0.2, 0) is 16.0 Å². The maximum Gasteiger partial charge on any atom is 0.228 e. The number of carbonyl (C=O) groups excluding carboxylic acids is 1. The third-order valence-corrected chi connectivity index (χ3v) is 4.70. The molecule has 3 heterocycles. The molecule has 0 aliphatic carbocycles. The van der Waals surface area contributed by atoms with Gasteiger partial charge in [0.25, 0.3) is 0 Å². The lowest BCUT2D eigenvalue weighted by atomic mass is 10.1. The zero-order chi connectivity index (χ0) is 15.4. The summed E-state index contributed by atoms with van der Waals surface area (Å²) in [5.74, 6) is 0.138. The summed E-state index contributed by atoms with van der Waals surface area (Å²) in [6, 6.07) is 0. The summed E-state index contributed by atoms with van der Waals surface area (Å²) in [4.78, 5) is 19.6. The lowest BCUT2D eigenvalue weighted by molar-refractivity contribution is -0.133. The minimum absolute atomic E-state index is 0.138. The van der Waals surface area contributed by atoms with Crippen molar-refractivity contribution in [3.8, 4) is 0 Å². The first kappa shape index (κ1) is 15.5. The van der Waals surface area contributed by atoms with Crippen molar-refractivity contribution in [1.82, 2.24) is 14.3 Å². The number of thiazole rings is 1. The molecule has 0 radical (unpaired) electrons. The number of ether oxygens (including phenoxy) is 1. The highest BCUT2D eigenvalue weighted by Gasteiger charge is 2.23. The van der Waals surface area contributed by atoms with Gasteiger partial charge in [-0.1, -0.05) is 0 Å². The van der Waals surface area contributed by atoms with Crippen LogP contribution in [0.2, 0.25) is 0 Å². The number of carbonyl (C=O) groups is 1. The second kappa shape index (κ2) is 7.21. The van der Waals surface area contributed by atoms with Crippen molar-refractivity contribution in [1.29, 1.82) is 0 Å². The molecule has 3 rings (SSSR count). The summed E-state index contributed by atoms with van der Waals surface area (Å²) in [6.45, 7) is 2.25. The average Bonchev–Trinajstić information content (AvgIpc) is 3.09. The first-order chi connectivity index (χ1) is 10.8. The highest BCUT2D eigenvalue weighted by atomic mass is 32.1. The van der Waals surface area contributed by atoms with E-state index >= 15 is 0 Å². The van der Waals surface area contributed by atoms with E-state index < -0.39 is 0 Å². The summed E-state index contributed by atoms with van der Waals surface area (Å²) in [5, 5.41) is 10.7. The standard InChI is InChI=1S/C15H21N3O3S/c19-7-1-8-21-13-2-4-17(5-3-13)14(20)10-12-11-18-6-9-22-15(18)16-12/h6,9,11,13,19H,1-5,7-8,10H2. The summed E-state index contributed by atoms with van der Waals surface area (Å²) in [6.07, 6.45) is 6.88. The van der Waals surface area contributed by atoms with Crippen LogP contribution in [0.5, 0.6) is 0 Å². The molecule has 120 valence electrons. The van der Waals surface area contributed by atoms with Gasteiger partial charge in [-0.05, 0) is 19.3 Å². The second-order valence-electron chi connectivity index (χ2n) is 5.53. The third-order valence-electron chi connectivity index (χ3n) is 3.93. The number of aliphatic hydroxyl groups is 1. The largest absolute Gasteiger partial charge is 0.396 e. The predicted molar refractivity (Wildman–Crippen MR) is 84.0 cm³/mol. The van der Waals surface area contributed by atoms with Crippen molar-refractivity contribution in [3.05, 3.63) is 23.5 Å². The summed E-state index contributed by atoms with van der Waals surface area (Å²) in [7, 11) is 0. The number of aliphatic hydroxyl groups excluding tert-OH is 1. The zero-order valence-electron chi connectivity index (χ0n) is 12.5. The molecule has 1 aliphatic heterocycles. The Morgan fingerprint density at radius 2 is 2.27 bits per heavy atom. The molecular formula is C15H21N3O3S. The first-order valence-corrected chi connectivity index (χ1v) is 8.55. The van der Waals surface area contributed by atoms with Crippen molar-refractivity contribution in [2.45, 2.75) is 31.8 Å². The molecule has 0 saturated carbocycles. The molecule has 1 N–H and O–H groups in total. The van der Waals surface area contributed by atoms with Gasteiger partial charge in [-0.25, -0.2) is 4.98 Å². The molecule has 2 aromatic rings. The number of nitrogens with zero attached hydrogens (tertiary/aromatic N) is 3. The van der Waals surface area contributed by atoms with Crippen LogP contribution in [0.1, 0.15) is 25.0 Å². The maximum absolute atomic E-state index is 12.3. The highest BCUT2D eigenvalue weighted by Crippen LogP contribution is 2.16. The van der Waals surface area contributed by atoms with E-state index in [0.717, 1.165) is 36.6 Å². The van der Waals surface area contributed by atoms with Crippen LogP contribution in [-0.4, -0.2) is 57.7 Å². The molecule has 0 aromatic carbocycles. The highest BCUT2D eigenvalue weighted by molar-refractivity contribution is 7.15. The lowest BCUT2D eigenvalue weighted by Crippen LogP contribution is -2.41. The van der Waals surface area contributed by atoms with Gasteiger partial charge in [-0.15, -0.1) is 11.3 Å². The smallest absolute Gasteiger partial charge is 0.228 e. The summed E-state index contributed by atoms with van der Waals surface area (Å²) in [5.41, 5.74) is 0.832. The van der Waals surface area contributed by atoms with Crippen LogP contribution in [0.25, 0.3) is 4.96 Å². The fourth-order valence-corrected chi connectivity index (χ4v) is 3.43. The SMILES string of the molecule is O=C(Cc1cn2ccsc2n1)N1CCC(OCCCO)CC1. The Bertz CT molecular complexity index is 588. The van der Waals surface area contributed by atoms with Crippen LogP contribution in [0.15, 0.2) is 17.8 Å². The van der Waals surface area contributed by atoms with Gasteiger partial charge < -0.3 is 14.7 Å². The molecule has 1 saturated heterocycles. The monoisotopic (exact) mass is 323 g/mol. The predicted octanol–water partition coefficient (Wildman–Crippen LogP) is 1.33. The van der Waals surface area contributed by atoms with E-state index in [4.69, 9.17) is 9.84 Å². The van der Waals surface area contributed by atoms with E-state index in [1.165, 1.54) is 0 Å². The molecular weight excluding hydrogens is 302 g/mol. The zero-order valence-corrected chi connectivity index (χ0v) is 13.3. The number of amides is 1. The van der Waals surface area contributed by atoms with Gasteiger partial charge in [0.05, 0.1) is 18.2 Å². The van der Waals surface area contributed by atoms with Crippen molar-refractivity contribution >= 4 is 22.2 Å². The fraction of sp³-hybridized carbons (Fsp3) is 0.600. The van der Waals surface area contributed by atoms with E-state index in [9.17, 15) is 4.79 Å². The van der Waals surface area contributed by atoms with Gasteiger partial charge in [0.2, 0.25) is 5.91 Å². The number of rotatable bonds is 6. The Balaban J connectivity index is 1.46. The van der Waals surface area contributed by atoms with Crippen molar-refractivity contribution in [3.63, 3.8) is 0 Å². The van der Waals surface area contributed by atoms with Gasteiger partial charge in [0.1, 0.15) is 0 Å². The quantitative estimate of drug-likeness (QED) is 0.815. The van der Waals surface area contributed by atoms with Crippen LogP contribution < -0.4 is 0 Å². The topological polar surface area (TPSA) is 67.1 Å². The number of hydrogen-bond donors (Lipinski definition) is 1. The lowest BCUT2D eigenvalue weighted by Gasteiger charge is -2.31. The van der Waals surface area contributed by atoms with E-state index in [-0.39, 0.29) is 18.6 Å². The Morgan fingerprint density at radius 1 is 1.45 bits per heavy atom. The van der Waals surface area contributed by atoms with Crippen LogP contribution in [0, 0.1) is 0 Å². The van der Waals surface area contributed by atoms with Gasteiger partial charge >= 0.3 is 0 Å². The first-order valence-electron chi connectivity index (χ1n) is 7.67. The van der Waals surface area contributed by atoms with Crippen LogP contribution >= 0.6 is 11.3 Å².